The summed E-state index contributed by atoms with van der Waals surface area (Å²) in [5.41, 5.74) is -1.25. The van der Waals surface area contributed by atoms with Crippen LogP contribution in [0.25, 0.3) is 0 Å². The Labute approximate surface area is 126 Å². The number of benzene rings is 1. The standard InChI is InChI=1S/C13H15Cl2NO4/c1-13(12(18)19,16-11(17)5-6-20-2)8-3-4-9(14)10(15)7-8/h3-4,7H,5-6H2,1-2H3,(H,16,17)(H,18,19). The first-order valence-corrected chi connectivity index (χ1v) is 6.55. The molecule has 1 rings (SSSR count). The predicted octanol–water partition coefficient (Wildman–Crippen LogP) is 2.45. The summed E-state index contributed by atoms with van der Waals surface area (Å²) in [6, 6.07) is 4.43. The van der Waals surface area contributed by atoms with Crippen LogP contribution in [0.3, 0.4) is 0 Å². The lowest BCUT2D eigenvalue weighted by atomic mass is 9.92. The molecular formula is C13H15Cl2NO4. The Hall–Kier alpha value is -1.30. The average molecular weight is 320 g/mol. The Morgan fingerprint density at radius 1 is 1.35 bits per heavy atom. The highest BCUT2D eigenvalue weighted by atomic mass is 35.5. The quantitative estimate of drug-likeness (QED) is 0.844. The largest absolute Gasteiger partial charge is 0.479 e. The van der Waals surface area contributed by atoms with Gasteiger partial charge in [-0.3, -0.25) is 4.79 Å². The third-order valence-corrected chi connectivity index (χ3v) is 3.59. The molecule has 7 heteroatoms. The summed E-state index contributed by atoms with van der Waals surface area (Å²) < 4.78 is 4.78. The number of carbonyl (C=O) groups is 2. The number of carbonyl (C=O) groups excluding carboxylic acids is 1. The predicted molar refractivity (Wildman–Crippen MR) is 76.1 cm³/mol. The summed E-state index contributed by atoms with van der Waals surface area (Å²) in [4.78, 5) is 23.2. The highest BCUT2D eigenvalue weighted by Gasteiger charge is 2.37. The number of aliphatic carboxylic acids is 1. The molecule has 0 bridgehead atoms. The second-order valence-electron chi connectivity index (χ2n) is 4.35. The molecule has 0 spiro atoms. The molecule has 0 saturated heterocycles. The number of carboxylic acids is 1. The maximum Gasteiger partial charge on any atom is 0.333 e. The van der Waals surface area contributed by atoms with E-state index >= 15 is 0 Å². The zero-order valence-corrected chi connectivity index (χ0v) is 12.6. The maximum absolute atomic E-state index is 11.7. The fourth-order valence-corrected chi connectivity index (χ4v) is 1.89. The van der Waals surface area contributed by atoms with Crippen molar-refractivity contribution in [1.29, 1.82) is 0 Å². The van der Waals surface area contributed by atoms with Crippen LogP contribution in [-0.4, -0.2) is 30.7 Å². The van der Waals surface area contributed by atoms with Crippen LogP contribution < -0.4 is 5.32 Å². The van der Waals surface area contributed by atoms with Crippen molar-refractivity contribution in [2.75, 3.05) is 13.7 Å². The number of halogens is 2. The molecule has 0 aliphatic carbocycles. The second-order valence-corrected chi connectivity index (χ2v) is 5.16. The smallest absolute Gasteiger partial charge is 0.333 e. The van der Waals surface area contributed by atoms with Gasteiger partial charge in [-0.05, 0) is 24.6 Å². The first kappa shape index (κ1) is 16.8. The molecule has 0 aliphatic heterocycles. The zero-order valence-electron chi connectivity index (χ0n) is 11.1. The average Bonchev–Trinajstić information content (AvgIpc) is 2.39. The van der Waals surface area contributed by atoms with Crippen LogP contribution in [-0.2, 0) is 19.9 Å². The SMILES string of the molecule is COCCC(=O)NC(C)(C(=O)O)c1ccc(Cl)c(Cl)c1. The van der Waals surface area contributed by atoms with Gasteiger partial charge in [0.15, 0.2) is 5.54 Å². The molecule has 0 aliphatic rings. The Bertz CT molecular complexity index is 521. The number of carboxylic acid groups (broad SMARTS) is 1. The fraction of sp³-hybridized carbons (Fsp3) is 0.385. The van der Waals surface area contributed by atoms with E-state index in [9.17, 15) is 14.7 Å². The molecule has 0 saturated carbocycles. The molecule has 1 aromatic carbocycles. The van der Waals surface area contributed by atoms with E-state index in [0.29, 0.717) is 10.6 Å². The fourth-order valence-electron chi connectivity index (χ4n) is 1.59. The number of hydrogen-bond donors (Lipinski definition) is 2. The summed E-state index contributed by atoms with van der Waals surface area (Å²) in [5.74, 6) is -1.62. The number of amides is 1. The second kappa shape index (κ2) is 6.92. The van der Waals surface area contributed by atoms with Gasteiger partial charge < -0.3 is 15.2 Å². The Kier molecular flexibility index (Phi) is 5.80. The number of hydrogen-bond acceptors (Lipinski definition) is 3. The Morgan fingerprint density at radius 3 is 2.50 bits per heavy atom. The van der Waals surface area contributed by atoms with Gasteiger partial charge in [0.2, 0.25) is 5.91 Å². The van der Waals surface area contributed by atoms with Gasteiger partial charge in [-0.15, -0.1) is 0 Å². The van der Waals surface area contributed by atoms with E-state index in [1.165, 1.54) is 32.2 Å². The van der Waals surface area contributed by atoms with E-state index in [4.69, 9.17) is 27.9 Å². The minimum atomic E-state index is -1.58. The lowest BCUT2D eigenvalue weighted by molar-refractivity contribution is -0.147. The van der Waals surface area contributed by atoms with Crippen molar-refractivity contribution < 1.29 is 19.4 Å². The minimum Gasteiger partial charge on any atom is -0.479 e. The van der Waals surface area contributed by atoms with Crippen molar-refractivity contribution >= 4 is 35.1 Å². The van der Waals surface area contributed by atoms with E-state index in [1.807, 2.05) is 0 Å². The first-order chi connectivity index (χ1) is 9.31. The van der Waals surface area contributed by atoms with Crippen molar-refractivity contribution in [2.24, 2.45) is 0 Å². The molecule has 0 heterocycles. The minimum absolute atomic E-state index is 0.0701. The summed E-state index contributed by atoms with van der Waals surface area (Å²) >= 11 is 11.7. The monoisotopic (exact) mass is 319 g/mol. The lowest BCUT2D eigenvalue weighted by Crippen LogP contribution is -2.49. The molecule has 0 radical (unpaired) electrons. The number of rotatable bonds is 6. The molecule has 0 aromatic heterocycles. The van der Waals surface area contributed by atoms with Crippen molar-refractivity contribution in [3.05, 3.63) is 33.8 Å². The first-order valence-electron chi connectivity index (χ1n) is 5.80. The molecular weight excluding hydrogens is 305 g/mol. The van der Waals surface area contributed by atoms with Crippen LogP contribution in [0, 0.1) is 0 Å². The van der Waals surface area contributed by atoms with E-state index in [-0.39, 0.29) is 18.1 Å². The number of nitrogens with one attached hydrogen (secondary N) is 1. The third-order valence-electron chi connectivity index (χ3n) is 2.85. The van der Waals surface area contributed by atoms with E-state index in [1.54, 1.807) is 0 Å². The van der Waals surface area contributed by atoms with Crippen molar-refractivity contribution in [3.63, 3.8) is 0 Å². The highest BCUT2D eigenvalue weighted by molar-refractivity contribution is 6.42. The van der Waals surface area contributed by atoms with Crippen LogP contribution >= 0.6 is 23.2 Å². The van der Waals surface area contributed by atoms with Crippen molar-refractivity contribution in [2.45, 2.75) is 18.9 Å². The van der Waals surface area contributed by atoms with Crippen LogP contribution in [0.5, 0.6) is 0 Å². The Morgan fingerprint density at radius 2 is 2.00 bits per heavy atom. The van der Waals surface area contributed by atoms with E-state index in [0.717, 1.165) is 0 Å². The van der Waals surface area contributed by atoms with Crippen molar-refractivity contribution in [1.82, 2.24) is 5.32 Å². The number of methoxy groups -OCH3 is 1. The van der Waals surface area contributed by atoms with Gasteiger partial charge in [-0.1, -0.05) is 29.3 Å². The topological polar surface area (TPSA) is 75.6 Å². The van der Waals surface area contributed by atoms with Gasteiger partial charge in [0.1, 0.15) is 0 Å². The molecule has 110 valence electrons. The van der Waals surface area contributed by atoms with Crippen LogP contribution in [0.4, 0.5) is 0 Å². The molecule has 1 unspecified atom stereocenters. The van der Waals surface area contributed by atoms with Gasteiger partial charge in [-0.25, -0.2) is 4.79 Å². The molecule has 0 fully saturated rings. The molecule has 2 N–H and O–H groups in total. The summed E-state index contributed by atoms with van der Waals surface area (Å²) in [6.45, 7) is 1.60. The molecule has 20 heavy (non-hydrogen) atoms. The van der Waals surface area contributed by atoms with E-state index in [2.05, 4.69) is 5.32 Å². The van der Waals surface area contributed by atoms with Crippen LogP contribution in [0.1, 0.15) is 18.9 Å². The van der Waals surface area contributed by atoms with Crippen molar-refractivity contribution in [3.8, 4) is 0 Å². The summed E-state index contributed by atoms with van der Waals surface area (Å²) in [5, 5.41) is 12.4. The van der Waals surface area contributed by atoms with E-state index < -0.39 is 17.4 Å². The normalized spacial score (nSPS) is 13.6. The molecule has 1 atom stereocenters. The van der Waals surface area contributed by atoms with Crippen LogP contribution in [0.15, 0.2) is 18.2 Å². The summed E-state index contributed by atoms with van der Waals surface area (Å²) in [7, 11) is 1.46. The maximum atomic E-state index is 11.7. The molecule has 1 amide bonds. The number of ether oxygens (including phenoxy) is 1. The lowest BCUT2D eigenvalue weighted by Gasteiger charge is -2.27. The summed E-state index contributed by atoms with van der Waals surface area (Å²) in [6.07, 6.45) is 0.0701. The van der Waals surface area contributed by atoms with Crippen LogP contribution in [0.2, 0.25) is 10.0 Å². The highest BCUT2D eigenvalue weighted by Crippen LogP contribution is 2.29. The van der Waals surface area contributed by atoms with Gasteiger partial charge in [0.05, 0.1) is 16.7 Å². The molecule has 5 nitrogen and oxygen atoms in total. The van der Waals surface area contributed by atoms with Gasteiger partial charge in [-0.2, -0.15) is 0 Å². The molecule has 1 aromatic rings. The van der Waals surface area contributed by atoms with Gasteiger partial charge >= 0.3 is 5.97 Å². The van der Waals surface area contributed by atoms with Gasteiger partial charge in [0, 0.05) is 13.5 Å². The van der Waals surface area contributed by atoms with Gasteiger partial charge in [0.25, 0.3) is 0 Å². The third kappa shape index (κ3) is 3.85. The zero-order chi connectivity index (χ0) is 15.3. The Balaban J connectivity index is 3.05.